The molecule has 0 N–H and O–H groups in total. The molecule has 0 radical (unpaired) electrons. The maximum Gasteiger partial charge on any atom is 0.336 e. The summed E-state index contributed by atoms with van der Waals surface area (Å²) in [7, 11) is 0. The third-order valence-electron chi connectivity index (χ3n) is 6.75. The first-order valence-corrected chi connectivity index (χ1v) is 12.6. The Labute approximate surface area is 212 Å². The zero-order valence-electron chi connectivity index (χ0n) is 19.8. The van der Waals surface area contributed by atoms with E-state index in [1.165, 1.54) is 4.40 Å². The Hall–Kier alpha value is -3.05. The van der Waals surface area contributed by atoms with Crippen LogP contribution >= 0.6 is 11.6 Å². The van der Waals surface area contributed by atoms with Gasteiger partial charge in [0.25, 0.3) is 0 Å². The summed E-state index contributed by atoms with van der Waals surface area (Å²) in [6.45, 7) is 4.78. The average Bonchev–Trinajstić information content (AvgIpc) is 3.36. The quantitative estimate of drug-likeness (QED) is 0.390. The molecule has 5 heterocycles. The molecule has 0 aliphatic carbocycles. The summed E-state index contributed by atoms with van der Waals surface area (Å²) in [4.78, 5) is 20.9. The summed E-state index contributed by atoms with van der Waals surface area (Å²) in [5, 5.41) is 9.32. The van der Waals surface area contributed by atoms with Gasteiger partial charge in [0.2, 0.25) is 0 Å². The minimum absolute atomic E-state index is 0.0806. The second-order valence-corrected chi connectivity index (χ2v) is 9.49. The second-order valence-electron chi connectivity index (χ2n) is 9.05. The van der Waals surface area contributed by atoms with Crippen LogP contribution in [0.2, 0.25) is 5.02 Å². The van der Waals surface area contributed by atoms with E-state index in [1.54, 1.807) is 4.57 Å². The van der Waals surface area contributed by atoms with Gasteiger partial charge < -0.3 is 19.1 Å². The van der Waals surface area contributed by atoms with E-state index in [0.29, 0.717) is 60.5 Å². The van der Waals surface area contributed by atoms with Crippen LogP contribution in [0.5, 0.6) is 0 Å². The molecule has 4 aromatic rings. The number of pyridine rings is 1. The van der Waals surface area contributed by atoms with E-state index in [1.807, 2.05) is 36.5 Å². The largest absolute Gasteiger partial charge is 0.381 e. The number of rotatable bonds is 6. The fraction of sp³-hybridized carbons (Fsp3) is 0.440. The Morgan fingerprint density at radius 2 is 1.78 bits per heavy atom. The molecule has 0 amide bonds. The number of morpholine rings is 1. The van der Waals surface area contributed by atoms with Crippen LogP contribution < -0.4 is 10.6 Å². The van der Waals surface area contributed by atoms with Gasteiger partial charge in [-0.05, 0) is 36.6 Å². The lowest BCUT2D eigenvalue weighted by Gasteiger charge is -2.28. The first kappa shape index (κ1) is 23.4. The van der Waals surface area contributed by atoms with Crippen molar-refractivity contribution in [2.24, 2.45) is 0 Å². The van der Waals surface area contributed by atoms with Gasteiger partial charge >= 0.3 is 5.69 Å². The van der Waals surface area contributed by atoms with Crippen LogP contribution in [-0.2, 0) is 27.4 Å². The summed E-state index contributed by atoms with van der Waals surface area (Å²) >= 11 is 6.09. The lowest BCUT2D eigenvalue weighted by Crippen LogP contribution is -2.36. The third-order valence-corrected chi connectivity index (χ3v) is 7.01. The number of ether oxygens (including phenoxy) is 3. The SMILES string of the molecule is O=c1n(Cc2ccc(Cl)cc2)c2cc(N3CCOCC3)cnc2c2nnc(COC3CCOCC3)n12. The van der Waals surface area contributed by atoms with Gasteiger partial charge in [0, 0.05) is 31.3 Å². The number of hydrogen-bond donors (Lipinski definition) is 0. The van der Waals surface area contributed by atoms with Crippen molar-refractivity contribution < 1.29 is 14.2 Å². The van der Waals surface area contributed by atoms with E-state index in [-0.39, 0.29) is 18.4 Å². The van der Waals surface area contributed by atoms with E-state index < -0.39 is 0 Å². The predicted octanol–water partition coefficient (Wildman–Crippen LogP) is 2.67. The Morgan fingerprint density at radius 3 is 2.56 bits per heavy atom. The van der Waals surface area contributed by atoms with Crippen LogP contribution in [0.1, 0.15) is 24.2 Å². The van der Waals surface area contributed by atoms with Gasteiger partial charge in [0.1, 0.15) is 12.1 Å². The Morgan fingerprint density at radius 1 is 1.03 bits per heavy atom. The number of aromatic nitrogens is 5. The molecule has 188 valence electrons. The predicted molar refractivity (Wildman–Crippen MR) is 135 cm³/mol. The topological polar surface area (TPSA) is 96.0 Å². The smallest absolute Gasteiger partial charge is 0.336 e. The number of benzene rings is 1. The highest BCUT2D eigenvalue weighted by Gasteiger charge is 2.22. The van der Waals surface area contributed by atoms with Crippen molar-refractivity contribution in [2.75, 3.05) is 44.4 Å². The zero-order valence-corrected chi connectivity index (χ0v) is 20.6. The van der Waals surface area contributed by atoms with Crippen LogP contribution in [0.3, 0.4) is 0 Å². The molecular weight excluding hydrogens is 484 g/mol. The number of anilines is 1. The maximum absolute atomic E-state index is 13.9. The molecule has 10 nitrogen and oxygen atoms in total. The molecule has 2 aliphatic rings. The van der Waals surface area contributed by atoms with Crippen LogP contribution in [0, 0.1) is 0 Å². The van der Waals surface area contributed by atoms with Gasteiger partial charge in [-0.2, -0.15) is 0 Å². The summed E-state index contributed by atoms with van der Waals surface area (Å²) in [6, 6.07) is 9.51. The van der Waals surface area contributed by atoms with E-state index in [9.17, 15) is 4.79 Å². The van der Waals surface area contributed by atoms with Gasteiger partial charge in [-0.15, -0.1) is 10.2 Å². The van der Waals surface area contributed by atoms with Gasteiger partial charge in [-0.3, -0.25) is 4.57 Å². The lowest BCUT2D eigenvalue weighted by molar-refractivity contribution is -0.0411. The molecule has 2 saturated heterocycles. The molecule has 0 saturated carbocycles. The molecule has 0 bridgehead atoms. The molecule has 36 heavy (non-hydrogen) atoms. The van der Waals surface area contributed by atoms with Gasteiger partial charge in [0.05, 0.1) is 43.3 Å². The van der Waals surface area contributed by atoms with Crippen molar-refractivity contribution in [1.29, 1.82) is 0 Å². The van der Waals surface area contributed by atoms with E-state index in [0.717, 1.165) is 37.2 Å². The average molecular weight is 511 g/mol. The molecule has 0 spiro atoms. The van der Waals surface area contributed by atoms with Gasteiger partial charge in [-0.1, -0.05) is 23.7 Å². The van der Waals surface area contributed by atoms with E-state index in [4.69, 9.17) is 30.8 Å². The number of fused-ring (bicyclic) bond motifs is 3. The fourth-order valence-electron chi connectivity index (χ4n) is 4.76. The van der Waals surface area contributed by atoms with Crippen LogP contribution in [0.15, 0.2) is 41.3 Å². The minimum atomic E-state index is -0.232. The van der Waals surface area contributed by atoms with Crippen molar-refractivity contribution in [3.05, 3.63) is 63.4 Å². The van der Waals surface area contributed by atoms with Crippen molar-refractivity contribution >= 4 is 34.0 Å². The van der Waals surface area contributed by atoms with Crippen LogP contribution in [0.4, 0.5) is 5.69 Å². The molecule has 3 aromatic heterocycles. The molecule has 0 unspecified atom stereocenters. The lowest BCUT2D eigenvalue weighted by atomic mass is 10.2. The van der Waals surface area contributed by atoms with Crippen molar-refractivity contribution in [2.45, 2.75) is 32.1 Å². The molecule has 11 heteroatoms. The standard InChI is InChI=1S/C25H27ClN6O4/c26-18-3-1-17(2-4-18)15-31-21-13-19(30-7-11-35-12-8-30)14-27-23(21)24-29-28-22(32(24)25(31)33)16-36-20-5-9-34-10-6-20/h1-4,13-14,20H,5-12,15-16H2. The summed E-state index contributed by atoms with van der Waals surface area (Å²) in [5.74, 6) is 0.465. The van der Waals surface area contributed by atoms with E-state index in [2.05, 4.69) is 15.1 Å². The van der Waals surface area contributed by atoms with Gasteiger partial charge in [0.15, 0.2) is 11.5 Å². The van der Waals surface area contributed by atoms with Crippen molar-refractivity contribution in [3.63, 3.8) is 0 Å². The monoisotopic (exact) mass is 510 g/mol. The first-order valence-electron chi connectivity index (χ1n) is 12.2. The Balaban J connectivity index is 1.45. The Kier molecular flexibility index (Phi) is 6.58. The third kappa shape index (κ3) is 4.57. The zero-order chi connectivity index (χ0) is 24.5. The summed E-state index contributed by atoms with van der Waals surface area (Å²) in [6.07, 6.45) is 3.56. The second kappa shape index (κ2) is 10.1. The van der Waals surface area contributed by atoms with Crippen molar-refractivity contribution in [3.8, 4) is 0 Å². The summed E-state index contributed by atoms with van der Waals surface area (Å²) < 4.78 is 20.2. The number of nitrogens with zero attached hydrogens (tertiary/aromatic N) is 6. The minimum Gasteiger partial charge on any atom is -0.381 e. The molecule has 6 rings (SSSR count). The van der Waals surface area contributed by atoms with Crippen molar-refractivity contribution in [1.82, 2.24) is 24.1 Å². The highest BCUT2D eigenvalue weighted by atomic mass is 35.5. The molecular formula is C25H27ClN6O4. The van der Waals surface area contributed by atoms with Crippen LogP contribution in [-0.4, -0.2) is 69.8 Å². The van der Waals surface area contributed by atoms with Crippen LogP contribution in [0.25, 0.3) is 16.7 Å². The molecule has 2 fully saturated rings. The normalized spacial score (nSPS) is 17.3. The molecule has 1 aromatic carbocycles. The highest BCUT2D eigenvalue weighted by Crippen LogP contribution is 2.24. The summed E-state index contributed by atoms with van der Waals surface area (Å²) in [5.41, 5.74) is 3.42. The highest BCUT2D eigenvalue weighted by molar-refractivity contribution is 6.30. The van der Waals surface area contributed by atoms with E-state index >= 15 is 0 Å². The molecule has 2 aliphatic heterocycles. The number of hydrogen-bond acceptors (Lipinski definition) is 8. The first-order chi connectivity index (χ1) is 17.7. The number of halogens is 1. The maximum atomic E-state index is 13.9. The molecule has 0 atom stereocenters. The Bertz CT molecular complexity index is 1420. The van der Waals surface area contributed by atoms with Gasteiger partial charge in [-0.25, -0.2) is 14.2 Å². The fourth-order valence-corrected chi connectivity index (χ4v) is 4.89.